The lowest BCUT2D eigenvalue weighted by Gasteiger charge is -2.20. The molecule has 1 N–H and O–H groups in total. The molecule has 0 fully saturated rings. The minimum absolute atomic E-state index is 0.000655. The molecule has 0 saturated carbocycles. The Bertz CT molecular complexity index is 1050. The Morgan fingerprint density at radius 3 is 2.78 bits per heavy atom. The van der Waals surface area contributed by atoms with Crippen molar-refractivity contribution in [2.45, 2.75) is 25.8 Å². The Balaban J connectivity index is 1.79. The monoisotopic (exact) mass is 423 g/mol. The van der Waals surface area contributed by atoms with Gasteiger partial charge in [0.05, 0.1) is 16.8 Å². The highest BCUT2D eigenvalue weighted by atomic mass is 79.9. The van der Waals surface area contributed by atoms with E-state index in [0.29, 0.717) is 11.6 Å². The summed E-state index contributed by atoms with van der Waals surface area (Å²) in [5.41, 5.74) is 6.06. The maximum atomic E-state index is 12.2. The van der Waals surface area contributed by atoms with E-state index in [2.05, 4.69) is 63.4 Å². The van der Waals surface area contributed by atoms with E-state index in [9.17, 15) is 4.79 Å². The molecule has 27 heavy (non-hydrogen) atoms. The Kier molecular flexibility index (Phi) is 4.74. The van der Waals surface area contributed by atoms with E-state index in [-0.39, 0.29) is 5.78 Å². The predicted octanol–water partition coefficient (Wildman–Crippen LogP) is 5.49. The van der Waals surface area contributed by atoms with Crippen LogP contribution in [0, 0.1) is 0 Å². The van der Waals surface area contributed by atoms with Crippen LogP contribution in [0.2, 0.25) is 0 Å². The molecular formula is C22H22BrN3O. The number of aromatic nitrogens is 1. The number of nitrogens with zero attached hydrogens (tertiary/aromatic N) is 2. The highest BCUT2D eigenvalue weighted by Gasteiger charge is 2.24. The summed E-state index contributed by atoms with van der Waals surface area (Å²) in [6.07, 6.45) is 3.89. The van der Waals surface area contributed by atoms with Crippen LogP contribution in [-0.4, -0.2) is 29.8 Å². The Labute approximate surface area is 167 Å². The van der Waals surface area contributed by atoms with Crippen LogP contribution in [0.25, 0.3) is 10.9 Å². The summed E-state index contributed by atoms with van der Waals surface area (Å²) in [5, 5.41) is 4.44. The first-order valence-corrected chi connectivity index (χ1v) is 9.89. The van der Waals surface area contributed by atoms with Crippen LogP contribution in [0.15, 0.2) is 47.1 Å². The average Bonchev–Trinajstić information content (AvgIpc) is 3.05. The third-order valence-corrected chi connectivity index (χ3v) is 5.78. The van der Waals surface area contributed by atoms with Gasteiger partial charge in [-0.15, -0.1) is 0 Å². The zero-order chi connectivity index (χ0) is 19.1. The standard InChI is InChI=1S/C22H22BrN3O/c1-13(27)19-12-24-20-8-5-15(23)11-18(20)22(19)25-16-6-7-17-14(10-16)4-9-21(17)26(2)3/h5-8,10-12,21H,4,9H2,1-3H3,(H,24,25). The zero-order valence-corrected chi connectivity index (χ0v) is 17.3. The summed E-state index contributed by atoms with van der Waals surface area (Å²) in [7, 11) is 4.26. The molecule has 1 unspecified atom stereocenters. The van der Waals surface area contributed by atoms with E-state index in [1.165, 1.54) is 11.1 Å². The van der Waals surface area contributed by atoms with Crippen LogP contribution >= 0.6 is 15.9 Å². The second-order valence-corrected chi connectivity index (χ2v) is 8.24. The molecule has 1 heterocycles. The van der Waals surface area contributed by atoms with Crippen LogP contribution in [0.4, 0.5) is 11.4 Å². The molecule has 1 aliphatic rings. The summed E-state index contributed by atoms with van der Waals surface area (Å²) in [6.45, 7) is 1.58. The van der Waals surface area contributed by atoms with Crippen molar-refractivity contribution in [2.24, 2.45) is 0 Å². The fraction of sp³-hybridized carbons (Fsp3) is 0.273. The first-order valence-electron chi connectivity index (χ1n) is 9.09. The molecule has 0 radical (unpaired) electrons. The quantitative estimate of drug-likeness (QED) is 0.563. The number of hydrogen-bond donors (Lipinski definition) is 1. The van der Waals surface area contributed by atoms with Crippen molar-refractivity contribution in [1.82, 2.24) is 9.88 Å². The number of fused-ring (bicyclic) bond motifs is 2. The molecule has 1 aliphatic carbocycles. The Morgan fingerprint density at radius 1 is 1.22 bits per heavy atom. The van der Waals surface area contributed by atoms with Gasteiger partial charge in [-0.25, -0.2) is 0 Å². The van der Waals surface area contributed by atoms with E-state index in [1.807, 2.05) is 18.2 Å². The van der Waals surface area contributed by atoms with E-state index < -0.39 is 0 Å². The molecule has 4 nitrogen and oxygen atoms in total. The van der Waals surface area contributed by atoms with Crippen LogP contribution in [0.5, 0.6) is 0 Å². The molecule has 138 valence electrons. The lowest BCUT2D eigenvalue weighted by atomic mass is 10.0. The third kappa shape index (κ3) is 3.37. The number of carbonyl (C=O) groups is 1. The summed E-state index contributed by atoms with van der Waals surface area (Å²) < 4.78 is 0.961. The van der Waals surface area contributed by atoms with Crippen molar-refractivity contribution in [3.8, 4) is 0 Å². The van der Waals surface area contributed by atoms with E-state index in [1.54, 1.807) is 13.1 Å². The number of benzene rings is 2. The molecule has 0 spiro atoms. The van der Waals surface area contributed by atoms with Gasteiger partial charge in [0, 0.05) is 27.8 Å². The summed E-state index contributed by atoms with van der Waals surface area (Å²) in [4.78, 5) is 18.9. The van der Waals surface area contributed by atoms with Gasteiger partial charge < -0.3 is 10.2 Å². The van der Waals surface area contributed by atoms with E-state index >= 15 is 0 Å². The van der Waals surface area contributed by atoms with Crippen molar-refractivity contribution >= 4 is 44.0 Å². The molecule has 1 atom stereocenters. The van der Waals surface area contributed by atoms with Gasteiger partial charge in [0.1, 0.15) is 0 Å². The van der Waals surface area contributed by atoms with Crippen LogP contribution < -0.4 is 5.32 Å². The van der Waals surface area contributed by atoms with Gasteiger partial charge in [-0.3, -0.25) is 9.78 Å². The van der Waals surface area contributed by atoms with E-state index in [0.717, 1.165) is 39.6 Å². The van der Waals surface area contributed by atoms with Crippen molar-refractivity contribution in [1.29, 1.82) is 0 Å². The molecule has 4 rings (SSSR count). The third-order valence-electron chi connectivity index (χ3n) is 5.29. The topological polar surface area (TPSA) is 45.2 Å². The summed E-state index contributed by atoms with van der Waals surface area (Å²) in [5.74, 6) is 0.000655. The normalized spacial score (nSPS) is 16.0. The number of hydrogen-bond acceptors (Lipinski definition) is 4. The number of pyridine rings is 1. The number of aryl methyl sites for hydroxylation is 1. The van der Waals surface area contributed by atoms with Crippen LogP contribution in [-0.2, 0) is 6.42 Å². The van der Waals surface area contributed by atoms with Gasteiger partial charge >= 0.3 is 0 Å². The second-order valence-electron chi connectivity index (χ2n) is 7.32. The second kappa shape index (κ2) is 7.06. The van der Waals surface area contributed by atoms with Gasteiger partial charge in [0.15, 0.2) is 5.78 Å². The first-order chi connectivity index (χ1) is 12.9. The number of halogens is 1. The average molecular weight is 424 g/mol. The van der Waals surface area contributed by atoms with Crippen molar-refractivity contribution < 1.29 is 4.79 Å². The molecule has 0 bridgehead atoms. The number of ketones is 1. The molecule has 2 aromatic carbocycles. The molecule has 3 aromatic rings. The zero-order valence-electron chi connectivity index (χ0n) is 15.7. The lowest BCUT2D eigenvalue weighted by Crippen LogP contribution is -2.17. The number of nitrogens with one attached hydrogen (secondary N) is 1. The Morgan fingerprint density at radius 2 is 2.04 bits per heavy atom. The first kappa shape index (κ1) is 18.1. The molecule has 5 heteroatoms. The largest absolute Gasteiger partial charge is 0.354 e. The fourth-order valence-corrected chi connectivity index (χ4v) is 4.28. The predicted molar refractivity (Wildman–Crippen MR) is 114 cm³/mol. The van der Waals surface area contributed by atoms with Gasteiger partial charge in [0.2, 0.25) is 0 Å². The number of Topliss-reactive ketones (excluding diaryl/α,β-unsaturated/α-hetero) is 1. The molecule has 0 saturated heterocycles. The van der Waals surface area contributed by atoms with Crippen molar-refractivity contribution in [2.75, 3.05) is 19.4 Å². The number of rotatable bonds is 4. The highest BCUT2D eigenvalue weighted by Crippen LogP contribution is 2.37. The van der Waals surface area contributed by atoms with Gasteiger partial charge in [0.25, 0.3) is 0 Å². The maximum Gasteiger partial charge on any atom is 0.163 e. The molecule has 0 amide bonds. The summed E-state index contributed by atoms with van der Waals surface area (Å²) in [6, 6.07) is 12.9. The van der Waals surface area contributed by atoms with Crippen LogP contribution in [0.3, 0.4) is 0 Å². The number of anilines is 2. The van der Waals surface area contributed by atoms with Crippen molar-refractivity contribution in [3.05, 3.63) is 63.8 Å². The fourth-order valence-electron chi connectivity index (χ4n) is 3.92. The SMILES string of the molecule is CC(=O)c1cnc2ccc(Br)cc2c1Nc1ccc2c(c1)CCC2N(C)C. The van der Waals surface area contributed by atoms with Gasteiger partial charge in [-0.1, -0.05) is 22.0 Å². The minimum Gasteiger partial charge on any atom is -0.354 e. The number of carbonyl (C=O) groups excluding carboxylic acids is 1. The van der Waals surface area contributed by atoms with Gasteiger partial charge in [-0.05, 0) is 75.3 Å². The van der Waals surface area contributed by atoms with E-state index in [4.69, 9.17) is 0 Å². The highest BCUT2D eigenvalue weighted by molar-refractivity contribution is 9.10. The van der Waals surface area contributed by atoms with Gasteiger partial charge in [-0.2, -0.15) is 0 Å². The minimum atomic E-state index is 0.000655. The molecule has 1 aromatic heterocycles. The van der Waals surface area contributed by atoms with Crippen molar-refractivity contribution in [3.63, 3.8) is 0 Å². The lowest BCUT2D eigenvalue weighted by molar-refractivity contribution is 0.101. The maximum absolute atomic E-state index is 12.2. The van der Waals surface area contributed by atoms with Crippen LogP contribution in [0.1, 0.15) is 40.9 Å². The molecular weight excluding hydrogens is 402 g/mol. The summed E-state index contributed by atoms with van der Waals surface area (Å²) >= 11 is 3.53. The smallest absolute Gasteiger partial charge is 0.163 e. The molecule has 0 aliphatic heterocycles. The Hall–Kier alpha value is -2.24.